The quantitative estimate of drug-likeness (QED) is 0.825. The van der Waals surface area contributed by atoms with Crippen LogP contribution in [-0.2, 0) is 11.3 Å². The molecule has 1 aromatic heterocycles. The van der Waals surface area contributed by atoms with E-state index < -0.39 is 6.10 Å². The monoisotopic (exact) mass is 245 g/mol. The number of halogens is 1. The van der Waals surface area contributed by atoms with E-state index in [1.54, 1.807) is 17.1 Å². The molecule has 0 amide bonds. The lowest BCUT2D eigenvalue weighted by Crippen LogP contribution is -2.42. The van der Waals surface area contributed by atoms with Crippen LogP contribution in [0.1, 0.15) is 0 Å². The first kappa shape index (κ1) is 11.9. The molecule has 5 nitrogen and oxygen atoms in total. The third-order valence-electron chi connectivity index (χ3n) is 2.57. The zero-order valence-corrected chi connectivity index (χ0v) is 9.81. The molecule has 0 radical (unpaired) electrons. The summed E-state index contributed by atoms with van der Waals surface area (Å²) in [6, 6.07) is 0. The van der Waals surface area contributed by atoms with Crippen molar-refractivity contribution in [3.63, 3.8) is 0 Å². The van der Waals surface area contributed by atoms with E-state index in [0.29, 0.717) is 18.1 Å². The minimum absolute atomic E-state index is 0.422. The number of hydrogen-bond donors (Lipinski definition) is 1. The van der Waals surface area contributed by atoms with Gasteiger partial charge in [-0.1, -0.05) is 11.6 Å². The van der Waals surface area contributed by atoms with Crippen molar-refractivity contribution < 1.29 is 9.84 Å². The van der Waals surface area contributed by atoms with Crippen LogP contribution in [0.5, 0.6) is 0 Å². The van der Waals surface area contributed by atoms with Crippen molar-refractivity contribution in [3.05, 3.63) is 17.4 Å². The van der Waals surface area contributed by atoms with Crippen LogP contribution in [0.3, 0.4) is 0 Å². The largest absolute Gasteiger partial charge is 0.390 e. The first-order chi connectivity index (χ1) is 7.74. The maximum Gasteiger partial charge on any atom is 0.0862 e. The van der Waals surface area contributed by atoms with Gasteiger partial charge in [0.1, 0.15) is 0 Å². The highest BCUT2D eigenvalue weighted by Gasteiger charge is 2.15. The van der Waals surface area contributed by atoms with Crippen molar-refractivity contribution in [2.45, 2.75) is 12.6 Å². The lowest BCUT2D eigenvalue weighted by molar-refractivity contribution is 0.0108. The molecule has 1 aliphatic heterocycles. The summed E-state index contributed by atoms with van der Waals surface area (Å²) in [6.45, 7) is 4.40. The van der Waals surface area contributed by atoms with Crippen LogP contribution < -0.4 is 0 Å². The van der Waals surface area contributed by atoms with Crippen molar-refractivity contribution in [1.29, 1.82) is 0 Å². The van der Waals surface area contributed by atoms with Crippen LogP contribution in [0.4, 0.5) is 0 Å². The van der Waals surface area contributed by atoms with Gasteiger partial charge >= 0.3 is 0 Å². The van der Waals surface area contributed by atoms with E-state index in [1.165, 1.54) is 0 Å². The van der Waals surface area contributed by atoms with Gasteiger partial charge in [0.15, 0.2) is 0 Å². The zero-order valence-electron chi connectivity index (χ0n) is 9.05. The predicted molar refractivity (Wildman–Crippen MR) is 60.5 cm³/mol. The van der Waals surface area contributed by atoms with Gasteiger partial charge in [-0.2, -0.15) is 5.10 Å². The Morgan fingerprint density at radius 3 is 2.81 bits per heavy atom. The van der Waals surface area contributed by atoms with Gasteiger partial charge in [-0.15, -0.1) is 0 Å². The van der Waals surface area contributed by atoms with Gasteiger partial charge < -0.3 is 9.84 Å². The van der Waals surface area contributed by atoms with Crippen LogP contribution in [-0.4, -0.2) is 58.7 Å². The third kappa shape index (κ3) is 3.45. The van der Waals surface area contributed by atoms with Gasteiger partial charge in [0.25, 0.3) is 0 Å². The molecule has 0 bridgehead atoms. The minimum Gasteiger partial charge on any atom is -0.390 e. The van der Waals surface area contributed by atoms with Gasteiger partial charge in [-0.3, -0.25) is 9.58 Å². The fraction of sp³-hybridized carbons (Fsp3) is 0.700. The molecule has 1 N–H and O–H groups in total. The fourth-order valence-electron chi connectivity index (χ4n) is 1.79. The molecule has 1 aliphatic rings. The molecule has 0 aromatic carbocycles. The zero-order chi connectivity index (χ0) is 11.4. The first-order valence-corrected chi connectivity index (χ1v) is 5.78. The molecule has 6 heteroatoms. The molecular formula is C10H16ClN3O2. The normalized spacial score (nSPS) is 19.9. The summed E-state index contributed by atoms with van der Waals surface area (Å²) in [5, 5.41) is 14.5. The standard InChI is InChI=1S/C10H16ClN3O2/c11-9-5-12-14(6-9)8-10(15)7-13-1-3-16-4-2-13/h5-6,10,15H,1-4,7-8H2. The van der Waals surface area contributed by atoms with E-state index in [0.717, 1.165) is 26.3 Å². The minimum atomic E-state index is -0.422. The Bertz CT molecular complexity index is 326. The second-order valence-electron chi connectivity index (χ2n) is 3.95. The molecule has 1 saturated heterocycles. The summed E-state index contributed by atoms with van der Waals surface area (Å²) < 4.78 is 6.90. The molecular weight excluding hydrogens is 230 g/mol. The van der Waals surface area contributed by atoms with Crippen LogP contribution >= 0.6 is 11.6 Å². The molecule has 1 aromatic rings. The average Bonchev–Trinajstić information content (AvgIpc) is 2.65. The van der Waals surface area contributed by atoms with Crippen LogP contribution in [0.15, 0.2) is 12.4 Å². The van der Waals surface area contributed by atoms with Crippen LogP contribution in [0, 0.1) is 0 Å². The predicted octanol–water partition coefficient (Wildman–Crippen LogP) is 0.230. The lowest BCUT2D eigenvalue weighted by atomic mass is 10.3. The Morgan fingerprint density at radius 2 is 2.19 bits per heavy atom. The number of β-amino-alcohol motifs (C(OH)–C–C–N with tert-alkyl or cyclic N) is 1. The summed E-state index contributed by atoms with van der Waals surface area (Å²) in [6.07, 6.45) is 2.86. The van der Waals surface area contributed by atoms with Gasteiger partial charge in [0, 0.05) is 25.8 Å². The number of ether oxygens (including phenoxy) is 1. The van der Waals surface area contributed by atoms with Crippen molar-refractivity contribution >= 4 is 11.6 Å². The topological polar surface area (TPSA) is 50.5 Å². The average molecular weight is 246 g/mol. The van der Waals surface area contributed by atoms with Crippen LogP contribution in [0.25, 0.3) is 0 Å². The van der Waals surface area contributed by atoms with Gasteiger partial charge in [0.05, 0.1) is 37.1 Å². The Hall–Kier alpha value is -0.620. The molecule has 1 unspecified atom stereocenters. The first-order valence-electron chi connectivity index (χ1n) is 5.40. The van der Waals surface area contributed by atoms with E-state index in [9.17, 15) is 5.11 Å². The molecule has 2 heterocycles. The second kappa shape index (κ2) is 5.63. The molecule has 16 heavy (non-hydrogen) atoms. The highest BCUT2D eigenvalue weighted by Crippen LogP contribution is 2.06. The maximum atomic E-state index is 9.88. The molecule has 90 valence electrons. The summed E-state index contributed by atoms with van der Waals surface area (Å²) in [4.78, 5) is 2.19. The Balaban J connectivity index is 1.77. The summed E-state index contributed by atoms with van der Waals surface area (Å²) in [7, 11) is 0. The van der Waals surface area contributed by atoms with Crippen molar-refractivity contribution in [2.24, 2.45) is 0 Å². The number of aliphatic hydroxyl groups is 1. The number of aromatic nitrogens is 2. The fourth-order valence-corrected chi connectivity index (χ4v) is 1.95. The highest BCUT2D eigenvalue weighted by atomic mass is 35.5. The number of rotatable bonds is 4. The molecule has 2 rings (SSSR count). The van der Waals surface area contributed by atoms with Crippen molar-refractivity contribution in [1.82, 2.24) is 14.7 Å². The Morgan fingerprint density at radius 1 is 1.44 bits per heavy atom. The van der Waals surface area contributed by atoms with Crippen LogP contribution in [0.2, 0.25) is 5.02 Å². The number of nitrogens with zero attached hydrogens (tertiary/aromatic N) is 3. The summed E-state index contributed by atoms with van der Waals surface area (Å²) >= 11 is 5.74. The van der Waals surface area contributed by atoms with E-state index >= 15 is 0 Å². The Labute approximate surface area is 99.6 Å². The molecule has 1 atom stereocenters. The molecule has 1 fully saturated rings. The smallest absolute Gasteiger partial charge is 0.0862 e. The number of hydrogen-bond acceptors (Lipinski definition) is 4. The summed E-state index contributed by atoms with van der Waals surface area (Å²) in [5.74, 6) is 0. The van der Waals surface area contributed by atoms with Gasteiger partial charge in [-0.25, -0.2) is 0 Å². The number of morpholine rings is 1. The second-order valence-corrected chi connectivity index (χ2v) is 4.38. The van der Waals surface area contributed by atoms with E-state index in [1.807, 2.05) is 0 Å². The SMILES string of the molecule is OC(CN1CCOCC1)Cn1cc(Cl)cn1. The van der Waals surface area contributed by atoms with E-state index in [2.05, 4.69) is 10.00 Å². The van der Waals surface area contributed by atoms with Crippen molar-refractivity contribution in [2.75, 3.05) is 32.8 Å². The number of aliphatic hydroxyl groups excluding tert-OH is 1. The third-order valence-corrected chi connectivity index (χ3v) is 2.77. The van der Waals surface area contributed by atoms with Gasteiger partial charge in [-0.05, 0) is 0 Å². The van der Waals surface area contributed by atoms with E-state index in [-0.39, 0.29) is 0 Å². The Kier molecular flexibility index (Phi) is 4.17. The van der Waals surface area contributed by atoms with E-state index in [4.69, 9.17) is 16.3 Å². The maximum absolute atomic E-state index is 9.88. The van der Waals surface area contributed by atoms with Gasteiger partial charge in [0.2, 0.25) is 0 Å². The molecule has 0 spiro atoms. The highest BCUT2D eigenvalue weighted by molar-refractivity contribution is 6.30. The molecule has 0 saturated carbocycles. The molecule has 0 aliphatic carbocycles. The lowest BCUT2D eigenvalue weighted by Gasteiger charge is -2.28. The van der Waals surface area contributed by atoms with Crippen molar-refractivity contribution in [3.8, 4) is 0 Å². The summed E-state index contributed by atoms with van der Waals surface area (Å²) in [5.41, 5.74) is 0.